The van der Waals surface area contributed by atoms with Gasteiger partial charge in [-0.1, -0.05) is 18.2 Å². The zero-order valence-electron chi connectivity index (χ0n) is 14.0. The molecule has 2 N–H and O–H groups in total. The quantitative estimate of drug-likeness (QED) is 0.695. The van der Waals surface area contributed by atoms with E-state index in [4.69, 9.17) is 0 Å². The molecule has 0 radical (unpaired) electrons. The Morgan fingerprint density at radius 2 is 1.84 bits per heavy atom. The Morgan fingerprint density at radius 3 is 2.68 bits per heavy atom. The first kappa shape index (κ1) is 15.9. The van der Waals surface area contributed by atoms with Crippen molar-refractivity contribution in [3.63, 3.8) is 0 Å². The van der Waals surface area contributed by atoms with Gasteiger partial charge >= 0.3 is 0 Å². The van der Waals surface area contributed by atoms with Crippen molar-refractivity contribution in [3.8, 4) is 0 Å². The van der Waals surface area contributed by atoms with E-state index in [0.29, 0.717) is 10.4 Å². The number of aryl methyl sites for hydroxylation is 3. The van der Waals surface area contributed by atoms with Crippen LogP contribution in [-0.4, -0.2) is 16.4 Å². The number of rotatable bonds is 2. The number of carbonyl (C=O) groups is 2. The summed E-state index contributed by atoms with van der Waals surface area (Å²) in [5, 5.41) is 0.864. The molecule has 0 fully saturated rings. The first-order valence-corrected chi connectivity index (χ1v) is 9.21. The average molecular weight is 353 g/mol. The van der Waals surface area contributed by atoms with Crippen molar-refractivity contribution >= 4 is 34.1 Å². The van der Waals surface area contributed by atoms with Gasteiger partial charge in [-0.25, -0.2) is 0 Å². The molecule has 2 amide bonds. The molecule has 1 aliphatic carbocycles. The molecular formula is C19H19N3O2S. The molecule has 1 aliphatic rings. The molecule has 0 unspecified atom stereocenters. The second-order valence-electron chi connectivity index (χ2n) is 6.35. The molecule has 2 aromatic heterocycles. The molecule has 0 saturated heterocycles. The van der Waals surface area contributed by atoms with Crippen LogP contribution in [0.25, 0.3) is 10.9 Å². The maximum Gasteiger partial charge on any atom is 0.279 e. The first-order chi connectivity index (χ1) is 12.1. The van der Waals surface area contributed by atoms with Gasteiger partial charge < -0.3 is 4.57 Å². The highest BCUT2D eigenvalue weighted by atomic mass is 32.1. The van der Waals surface area contributed by atoms with Gasteiger partial charge in [-0.15, -0.1) is 11.3 Å². The fourth-order valence-corrected chi connectivity index (χ4v) is 4.52. The summed E-state index contributed by atoms with van der Waals surface area (Å²) in [7, 11) is 1.90. The summed E-state index contributed by atoms with van der Waals surface area (Å²) in [6.07, 6.45) is 6.24. The Hall–Kier alpha value is -2.60. The zero-order chi connectivity index (χ0) is 17.4. The van der Waals surface area contributed by atoms with Gasteiger partial charge in [0.25, 0.3) is 11.8 Å². The Kier molecular flexibility index (Phi) is 4.05. The van der Waals surface area contributed by atoms with Crippen LogP contribution in [0.3, 0.4) is 0 Å². The number of hydrazine groups is 1. The number of benzene rings is 1. The van der Waals surface area contributed by atoms with E-state index >= 15 is 0 Å². The second-order valence-corrected chi connectivity index (χ2v) is 7.48. The monoisotopic (exact) mass is 353 g/mol. The summed E-state index contributed by atoms with van der Waals surface area (Å²) >= 11 is 1.53. The third kappa shape index (κ3) is 2.93. The fraction of sp³-hybridized carbons (Fsp3) is 0.263. The van der Waals surface area contributed by atoms with Gasteiger partial charge in [0.2, 0.25) is 0 Å². The van der Waals surface area contributed by atoms with Crippen LogP contribution in [0, 0.1) is 0 Å². The van der Waals surface area contributed by atoms with E-state index in [-0.39, 0.29) is 11.8 Å². The van der Waals surface area contributed by atoms with E-state index in [9.17, 15) is 9.59 Å². The van der Waals surface area contributed by atoms with Crippen LogP contribution in [0.15, 0.2) is 36.5 Å². The molecular weight excluding hydrogens is 334 g/mol. The summed E-state index contributed by atoms with van der Waals surface area (Å²) in [6, 6.07) is 9.65. The summed E-state index contributed by atoms with van der Waals surface area (Å²) < 4.78 is 1.90. The smallest absolute Gasteiger partial charge is 0.279 e. The third-order valence-electron chi connectivity index (χ3n) is 4.65. The summed E-state index contributed by atoms with van der Waals surface area (Å²) in [6.45, 7) is 0. The fourth-order valence-electron chi connectivity index (χ4n) is 3.37. The van der Waals surface area contributed by atoms with Crippen molar-refractivity contribution in [2.75, 3.05) is 0 Å². The highest BCUT2D eigenvalue weighted by Gasteiger charge is 2.18. The number of amides is 2. The molecule has 6 heteroatoms. The van der Waals surface area contributed by atoms with Crippen molar-refractivity contribution in [2.45, 2.75) is 25.7 Å². The number of hydrogen-bond acceptors (Lipinski definition) is 3. The van der Waals surface area contributed by atoms with E-state index in [2.05, 4.69) is 10.9 Å². The number of nitrogens with zero attached hydrogens (tertiary/aromatic N) is 1. The molecule has 4 rings (SSSR count). The summed E-state index contributed by atoms with van der Waals surface area (Å²) in [5.74, 6) is -0.570. The van der Waals surface area contributed by atoms with Gasteiger partial charge in [0, 0.05) is 29.0 Å². The molecule has 0 atom stereocenters. The molecule has 0 spiro atoms. The Labute approximate surface area is 149 Å². The Morgan fingerprint density at radius 1 is 1.08 bits per heavy atom. The minimum Gasteiger partial charge on any atom is -0.350 e. The van der Waals surface area contributed by atoms with Gasteiger partial charge in [0.1, 0.15) is 0 Å². The number of nitrogens with one attached hydrogen (secondary N) is 2. The number of hydrogen-bond donors (Lipinski definition) is 2. The third-order valence-corrected chi connectivity index (χ3v) is 5.89. The van der Waals surface area contributed by atoms with E-state index in [1.54, 1.807) is 6.20 Å². The molecule has 2 heterocycles. The number of fused-ring (bicyclic) bond motifs is 2. The summed E-state index contributed by atoms with van der Waals surface area (Å²) in [4.78, 5) is 26.8. The van der Waals surface area contributed by atoms with Crippen LogP contribution in [0.5, 0.6) is 0 Å². The van der Waals surface area contributed by atoms with Crippen molar-refractivity contribution < 1.29 is 9.59 Å². The standard InChI is InChI=1S/C19H19N3O2S/c1-22-11-14(13-7-3-4-8-15(13)22)18(23)20-21-19(24)17-10-12-6-2-5-9-16(12)25-17/h3-4,7-8,10-11H,2,5-6,9H2,1H3,(H,20,23)(H,21,24). The van der Waals surface area contributed by atoms with Crippen LogP contribution < -0.4 is 10.9 Å². The Balaban J connectivity index is 1.48. The highest BCUT2D eigenvalue weighted by molar-refractivity contribution is 7.14. The predicted octanol–water partition coefficient (Wildman–Crippen LogP) is 3.19. The zero-order valence-corrected chi connectivity index (χ0v) is 14.8. The topological polar surface area (TPSA) is 63.1 Å². The van der Waals surface area contributed by atoms with Crippen LogP contribution in [0.2, 0.25) is 0 Å². The normalized spacial score (nSPS) is 13.5. The summed E-state index contributed by atoms with van der Waals surface area (Å²) in [5.41, 5.74) is 7.88. The van der Waals surface area contributed by atoms with Gasteiger partial charge in [-0.05, 0) is 43.4 Å². The lowest BCUT2D eigenvalue weighted by Gasteiger charge is -2.08. The lowest BCUT2D eigenvalue weighted by Crippen LogP contribution is -2.41. The molecule has 0 aliphatic heterocycles. The molecule has 3 aromatic rings. The maximum atomic E-state index is 12.5. The van der Waals surface area contributed by atoms with Crippen molar-refractivity contribution in [2.24, 2.45) is 7.05 Å². The van der Waals surface area contributed by atoms with E-state index < -0.39 is 0 Å². The maximum absolute atomic E-state index is 12.5. The second kappa shape index (κ2) is 6.37. The highest BCUT2D eigenvalue weighted by Crippen LogP contribution is 2.29. The SMILES string of the molecule is Cn1cc(C(=O)NNC(=O)c2cc3c(s2)CCCC3)c2ccccc21. The van der Waals surface area contributed by atoms with Crippen LogP contribution in [0.1, 0.15) is 43.3 Å². The minimum atomic E-state index is -0.313. The van der Waals surface area contributed by atoms with Gasteiger partial charge in [-0.3, -0.25) is 20.4 Å². The van der Waals surface area contributed by atoms with Gasteiger partial charge in [-0.2, -0.15) is 0 Å². The van der Waals surface area contributed by atoms with Gasteiger partial charge in [0.15, 0.2) is 0 Å². The predicted molar refractivity (Wildman–Crippen MR) is 98.8 cm³/mol. The number of aromatic nitrogens is 1. The lowest BCUT2D eigenvalue weighted by molar-refractivity contribution is 0.0849. The van der Waals surface area contributed by atoms with E-state index in [1.165, 1.54) is 34.6 Å². The number of thiophene rings is 1. The number of carbonyl (C=O) groups excluding carboxylic acids is 2. The van der Waals surface area contributed by atoms with Crippen molar-refractivity contribution in [3.05, 3.63) is 57.4 Å². The molecule has 0 bridgehead atoms. The Bertz CT molecular complexity index is 947. The van der Waals surface area contributed by atoms with E-state index in [1.807, 2.05) is 41.9 Å². The average Bonchev–Trinajstić information content (AvgIpc) is 3.21. The van der Waals surface area contributed by atoms with Crippen LogP contribution in [0.4, 0.5) is 0 Å². The molecule has 25 heavy (non-hydrogen) atoms. The molecule has 0 saturated carbocycles. The van der Waals surface area contributed by atoms with Gasteiger partial charge in [0.05, 0.1) is 10.4 Å². The van der Waals surface area contributed by atoms with Crippen LogP contribution >= 0.6 is 11.3 Å². The minimum absolute atomic E-state index is 0.256. The van der Waals surface area contributed by atoms with E-state index in [0.717, 1.165) is 23.7 Å². The first-order valence-electron chi connectivity index (χ1n) is 8.40. The largest absolute Gasteiger partial charge is 0.350 e. The van der Waals surface area contributed by atoms with Crippen LogP contribution in [-0.2, 0) is 19.9 Å². The number of para-hydroxylation sites is 1. The van der Waals surface area contributed by atoms with Crippen molar-refractivity contribution in [1.29, 1.82) is 0 Å². The lowest BCUT2D eigenvalue weighted by atomic mass is 9.99. The molecule has 128 valence electrons. The van der Waals surface area contributed by atoms with Crippen molar-refractivity contribution in [1.82, 2.24) is 15.4 Å². The molecule has 5 nitrogen and oxygen atoms in total. The molecule has 1 aromatic carbocycles.